The molecule has 3 fully saturated rings. The smallest absolute Gasteiger partial charge is 0.240 e. The summed E-state index contributed by atoms with van der Waals surface area (Å²) >= 11 is 0. The zero-order valence-corrected chi connectivity index (χ0v) is 17.1. The second kappa shape index (κ2) is 8.39. The van der Waals surface area contributed by atoms with Crippen LogP contribution in [0.3, 0.4) is 0 Å². The summed E-state index contributed by atoms with van der Waals surface area (Å²) in [5.41, 5.74) is 3.92. The van der Waals surface area contributed by atoms with Gasteiger partial charge in [-0.1, -0.05) is 12.1 Å². The Labute approximate surface area is 168 Å². The Morgan fingerprint density at radius 2 is 1.82 bits per heavy atom. The predicted octanol–water partition coefficient (Wildman–Crippen LogP) is 1.57. The van der Waals surface area contributed by atoms with Gasteiger partial charge in [0.05, 0.1) is 12.1 Å². The van der Waals surface area contributed by atoms with Gasteiger partial charge in [-0.25, -0.2) is 0 Å². The van der Waals surface area contributed by atoms with Crippen molar-refractivity contribution in [2.24, 2.45) is 0 Å². The lowest BCUT2D eigenvalue weighted by atomic mass is 10.0. The summed E-state index contributed by atoms with van der Waals surface area (Å²) in [6.07, 6.45) is 2.08. The van der Waals surface area contributed by atoms with Crippen LogP contribution >= 0.6 is 0 Å². The van der Waals surface area contributed by atoms with Gasteiger partial charge in [-0.15, -0.1) is 0 Å². The van der Waals surface area contributed by atoms with Gasteiger partial charge in [0.25, 0.3) is 0 Å². The molecule has 0 aromatic heterocycles. The van der Waals surface area contributed by atoms with Crippen molar-refractivity contribution in [3.63, 3.8) is 0 Å². The normalized spacial score (nSPS) is 27.4. The van der Waals surface area contributed by atoms with Gasteiger partial charge < -0.3 is 19.6 Å². The minimum atomic E-state index is -0.395. The fourth-order valence-corrected chi connectivity index (χ4v) is 4.96. The number of carbonyl (C=O) groups excluding carboxylic acids is 1. The van der Waals surface area contributed by atoms with Gasteiger partial charge >= 0.3 is 0 Å². The number of rotatable bonds is 3. The molecule has 3 saturated heterocycles. The minimum absolute atomic E-state index is 0.176. The second-order valence-electron chi connectivity index (χ2n) is 8.48. The number of hydrogen-bond acceptors (Lipinski definition) is 5. The number of nitrogens with zero attached hydrogens (tertiary/aromatic N) is 3. The van der Waals surface area contributed by atoms with Crippen molar-refractivity contribution >= 4 is 11.6 Å². The molecule has 1 N–H and O–H groups in total. The van der Waals surface area contributed by atoms with Gasteiger partial charge in [0.2, 0.25) is 5.91 Å². The predicted molar refractivity (Wildman–Crippen MR) is 110 cm³/mol. The van der Waals surface area contributed by atoms with Crippen molar-refractivity contribution in [1.29, 1.82) is 0 Å². The molecule has 0 radical (unpaired) electrons. The molecule has 3 aliphatic rings. The number of benzene rings is 1. The quantitative estimate of drug-likeness (QED) is 0.853. The van der Waals surface area contributed by atoms with Crippen LogP contribution in [0.25, 0.3) is 0 Å². The molecular formula is C22H33N3O3. The number of likely N-dealkylation sites (tertiary alicyclic amines) is 1. The lowest BCUT2D eigenvalue weighted by molar-refractivity contribution is -0.137. The first-order valence-electron chi connectivity index (χ1n) is 10.7. The van der Waals surface area contributed by atoms with E-state index in [1.54, 1.807) is 0 Å². The summed E-state index contributed by atoms with van der Waals surface area (Å²) in [4.78, 5) is 19.9. The Bertz CT molecular complexity index is 696. The molecule has 0 bridgehead atoms. The molecule has 6 heteroatoms. The molecule has 0 spiro atoms. The van der Waals surface area contributed by atoms with Crippen LogP contribution in [0.15, 0.2) is 18.2 Å². The molecule has 0 aliphatic carbocycles. The van der Waals surface area contributed by atoms with E-state index < -0.39 is 6.10 Å². The largest absolute Gasteiger partial charge is 0.392 e. The minimum Gasteiger partial charge on any atom is -0.392 e. The van der Waals surface area contributed by atoms with E-state index in [2.05, 4.69) is 41.8 Å². The molecule has 0 saturated carbocycles. The van der Waals surface area contributed by atoms with E-state index in [0.29, 0.717) is 19.0 Å². The highest BCUT2D eigenvalue weighted by atomic mass is 16.5. The molecule has 4 rings (SSSR count). The molecule has 3 aliphatic heterocycles. The molecule has 0 unspecified atom stereocenters. The number of hydrogen-bond donors (Lipinski definition) is 1. The van der Waals surface area contributed by atoms with Crippen LogP contribution in [0.4, 0.5) is 5.69 Å². The molecule has 1 aromatic carbocycles. The van der Waals surface area contributed by atoms with Crippen molar-refractivity contribution in [1.82, 2.24) is 9.80 Å². The molecule has 3 heterocycles. The summed E-state index contributed by atoms with van der Waals surface area (Å²) in [7, 11) is 0. The van der Waals surface area contributed by atoms with E-state index in [-0.39, 0.29) is 11.9 Å². The van der Waals surface area contributed by atoms with Crippen LogP contribution in [-0.4, -0.2) is 84.9 Å². The monoisotopic (exact) mass is 387 g/mol. The highest BCUT2D eigenvalue weighted by molar-refractivity contribution is 5.82. The third-order valence-corrected chi connectivity index (χ3v) is 6.77. The zero-order valence-electron chi connectivity index (χ0n) is 17.1. The SMILES string of the molecule is Cc1cccc(N2CCN(C(=O)[C@@H]3C[C@@H](O)CN3C3CCOCC3)CC2)c1C. The number of β-amino-alcohol motifs (C(OH)–C–C–N with tert-alkyl or cyclic N) is 1. The topological polar surface area (TPSA) is 56.2 Å². The van der Waals surface area contributed by atoms with Crippen LogP contribution in [-0.2, 0) is 9.53 Å². The summed E-state index contributed by atoms with van der Waals surface area (Å²) in [6.45, 7) is 9.68. The van der Waals surface area contributed by atoms with Gasteiger partial charge in [-0.3, -0.25) is 9.69 Å². The third kappa shape index (κ3) is 3.91. The van der Waals surface area contributed by atoms with Gasteiger partial charge in [0.15, 0.2) is 0 Å². The molecule has 6 nitrogen and oxygen atoms in total. The maximum absolute atomic E-state index is 13.3. The first-order valence-corrected chi connectivity index (χ1v) is 10.7. The fraction of sp³-hybridized carbons (Fsp3) is 0.682. The Kier molecular flexibility index (Phi) is 5.90. The van der Waals surface area contributed by atoms with E-state index >= 15 is 0 Å². The van der Waals surface area contributed by atoms with E-state index in [1.165, 1.54) is 16.8 Å². The number of anilines is 1. The highest BCUT2D eigenvalue weighted by Crippen LogP contribution is 2.28. The average Bonchev–Trinajstić information content (AvgIpc) is 3.12. The van der Waals surface area contributed by atoms with Crippen molar-refractivity contribution in [2.45, 2.75) is 51.3 Å². The number of aliphatic hydroxyl groups is 1. The van der Waals surface area contributed by atoms with Crippen LogP contribution in [0, 0.1) is 13.8 Å². The Hall–Kier alpha value is -1.63. The van der Waals surface area contributed by atoms with E-state index in [1.807, 2.05) is 4.90 Å². The van der Waals surface area contributed by atoms with Gasteiger partial charge in [0.1, 0.15) is 0 Å². The number of aliphatic hydroxyl groups excluding tert-OH is 1. The van der Waals surface area contributed by atoms with Crippen molar-refractivity contribution in [3.05, 3.63) is 29.3 Å². The molecule has 28 heavy (non-hydrogen) atoms. The number of carbonyl (C=O) groups is 1. The summed E-state index contributed by atoms with van der Waals surface area (Å²) in [5.74, 6) is 0.198. The van der Waals surface area contributed by atoms with Gasteiger partial charge in [-0.2, -0.15) is 0 Å². The lowest BCUT2D eigenvalue weighted by Gasteiger charge is -2.40. The van der Waals surface area contributed by atoms with E-state index in [9.17, 15) is 9.90 Å². The number of amides is 1. The first-order chi connectivity index (χ1) is 13.5. The highest BCUT2D eigenvalue weighted by Gasteiger charge is 2.42. The maximum atomic E-state index is 13.3. The number of aryl methyl sites for hydroxylation is 1. The lowest BCUT2D eigenvalue weighted by Crippen LogP contribution is -2.55. The van der Waals surface area contributed by atoms with Gasteiger partial charge in [0, 0.05) is 57.7 Å². The zero-order chi connectivity index (χ0) is 19.7. The maximum Gasteiger partial charge on any atom is 0.240 e. The van der Waals surface area contributed by atoms with Crippen molar-refractivity contribution in [2.75, 3.05) is 50.8 Å². The number of piperazine rings is 1. The molecule has 1 amide bonds. The van der Waals surface area contributed by atoms with Gasteiger partial charge in [-0.05, 0) is 50.3 Å². The van der Waals surface area contributed by atoms with Crippen LogP contribution in [0.5, 0.6) is 0 Å². The summed E-state index contributed by atoms with van der Waals surface area (Å²) < 4.78 is 5.48. The molecular weight excluding hydrogens is 354 g/mol. The molecule has 2 atom stereocenters. The third-order valence-electron chi connectivity index (χ3n) is 6.77. The Balaban J connectivity index is 1.39. The second-order valence-corrected chi connectivity index (χ2v) is 8.48. The summed E-state index contributed by atoms with van der Waals surface area (Å²) in [5, 5.41) is 10.2. The standard InChI is InChI=1S/C22H33N3O3/c1-16-4-3-5-20(17(16)2)23-8-10-24(11-9-23)22(27)21-14-19(26)15-25(21)18-6-12-28-13-7-18/h3-5,18-19,21,26H,6-15H2,1-2H3/t19-,21+/m1/s1. The summed E-state index contributed by atoms with van der Waals surface area (Å²) in [6, 6.07) is 6.62. The van der Waals surface area contributed by atoms with Crippen LogP contribution in [0.1, 0.15) is 30.4 Å². The molecule has 1 aromatic rings. The first kappa shape index (κ1) is 19.7. The number of ether oxygens (including phenoxy) is 1. The average molecular weight is 388 g/mol. The van der Waals surface area contributed by atoms with E-state index in [0.717, 1.165) is 52.2 Å². The van der Waals surface area contributed by atoms with Crippen molar-refractivity contribution < 1.29 is 14.6 Å². The van der Waals surface area contributed by atoms with Crippen LogP contribution in [0.2, 0.25) is 0 Å². The fourth-order valence-electron chi connectivity index (χ4n) is 4.96. The van der Waals surface area contributed by atoms with Crippen molar-refractivity contribution in [3.8, 4) is 0 Å². The van der Waals surface area contributed by atoms with Crippen LogP contribution < -0.4 is 4.90 Å². The molecule has 154 valence electrons. The Morgan fingerprint density at radius 3 is 2.54 bits per heavy atom. The van der Waals surface area contributed by atoms with E-state index in [4.69, 9.17) is 4.74 Å². The Morgan fingerprint density at radius 1 is 1.11 bits per heavy atom.